The zero-order valence-corrected chi connectivity index (χ0v) is 12.7. The average Bonchev–Trinajstić information content (AvgIpc) is 2.43. The minimum Gasteiger partial charge on any atom is -0.369 e. The number of aryl methyl sites for hydroxylation is 2. The molecule has 1 heterocycles. The van der Waals surface area contributed by atoms with Crippen molar-refractivity contribution in [2.45, 2.75) is 26.7 Å². The highest BCUT2D eigenvalue weighted by atomic mass is 16.2. The van der Waals surface area contributed by atoms with E-state index in [4.69, 9.17) is 5.73 Å². The van der Waals surface area contributed by atoms with Gasteiger partial charge in [-0.25, -0.2) is 0 Å². The molecule has 2 rings (SSSR count). The van der Waals surface area contributed by atoms with Gasteiger partial charge >= 0.3 is 0 Å². The van der Waals surface area contributed by atoms with E-state index in [-0.39, 0.29) is 17.7 Å². The standard InChI is InChI=1S/C16H23N3O2/c1-11-5-6-14(8-12(11)2)18-15(20)10-19-7-3-4-13(9-19)16(17)21/h5-6,8,13H,3-4,7,9-10H2,1-2H3,(H2,17,21)(H,18,20)/t13-/m0/s1. The van der Waals surface area contributed by atoms with Crippen LogP contribution in [0, 0.1) is 19.8 Å². The first-order valence-electron chi connectivity index (χ1n) is 7.34. The molecule has 1 aliphatic rings. The Balaban J connectivity index is 1.89. The molecular weight excluding hydrogens is 266 g/mol. The number of rotatable bonds is 4. The summed E-state index contributed by atoms with van der Waals surface area (Å²) in [5.41, 5.74) is 8.51. The lowest BCUT2D eigenvalue weighted by molar-refractivity contribution is -0.125. The maximum absolute atomic E-state index is 12.1. The molecule has 0 aliphatic carbocycles. The van der Waals surface area contributed by atoms with E-state index in [9.17, 15) is 9.59 Å². The van der Waals surface area contributed by atoms with Gasteiger partial charge in [-0.15, -0.1) is 0 Å². The van der Waals surface area contributed by atoms with Gasteiger partial charge in [-0.05, 0) is 56.5 Å². The van der Waals surface area contributed by atoms with Gasteiger partial charge in [0.15, 0.2) is 0 Å². The second-order valence-corrected chi connectivity index (χ2v) is 5.82. The highest BCUT2D eigenvalue weighted by Crippen LogP contribution is 2.17. The highest BCUT2D eigenvalue weighted by Gasteiger charge is 2.25. The molecule has 5 nitrogen and oxygen atoms in total. The Morgan fingerprint density at radius 2 is 2.10 bits per heavy atom. The van der Waals surface area contributed by atoms with E-state index in [1.807, 2.05) is 36.9 Å². The van der Waals surface area contributed by atoms with Crippen molar-refractivity contribution in [2.24, 2.45) is 11.7 Å². The number of nitrogens with two attached hydrogens (primary N) is 1. The summed E-state index contributed by atoms with van der Waals surface area (Å²) < 4.78 is 0. The van der Waals surface area contributed by atoms with Gasteiger partial charge in [-0.3, -0.25) is 14.5 Å². The summed E-state index contributed by atoms with van der Waals surface area (Å²) >= 11 is 0. The second kappa shape index (κ2) is 6.72. The molecular formula is C16H23N3O2. The van der Waals surface area contributed by atoms with E-state index >= 15 is 0 Å². The molecule has 0 radical (unpaired) electrons. The molecule has 0 unspecified atom stereocenters. The smallest absolute Gasteiger partial charge is 0.238 e. The normalized spacial score (nSPS) is 19.2. The van der Waals surface area contributed by atoms with Crippen molar-refractivity contribution in [1.29, 1.82) is 0 Å². The Kier molecular flexibility index (Phi) is 4.96. The van der Waals surface area contributed by atoms with E-state index in [0.29, 0.717) is 13.1 Å². The summed E-state index contributed by atoms with van der Waals surface area (Å²) in [6.45, 7) is 5.78. The van der Waals surface area contributed by atoms with Gasteiger partial charge in [0, 0.05) is 12.2 Å². The van der Waals surface area contributed by atoms with Gasteiger partial charge in [-0.1, -0.05) is 6.07 Å². The van der Waals surface area contributed by atoms with Crippen LogP contribution in [0.4, 0.5) is 5.69 Å². The third-order valence-electron chi connectivity index (χ3n) is 4.07. The average molecular weight is 289 g/mol. The van der Waals surface area contributed by atoms with Crippen LogP contribution in [0.3, 0.4) is 0 Å². The summed E-state index contributed by atoms with van der Waals surface area (Å²) in [6.07, 6.45) is 1.73. The number of amides is 2. The van der Waals surface area contributed by atoms with Crippen LogP contribution in [0.25, 0.3) is 0 Å². The lowest BCUT2D eigenvalue weighted by atomic mass is 9.97. The fraction of sp³-hybridized carbons (Fsp3) is 0.500. The quantitative estimate of drug-likeness (QED) is 0.880. The molecule has 2 amide bonds. The summed E-state index contributed by atoms with van der Waals surface area (Å²) in [7, 11) is 0. The molecule has 0 spiro atoms. The Morgan fingerprint density at radius 3 is 2.76 bits per heavy atom. The number of primary amides is 1. The van der Waals surface area contributed by atoms with Crippen molar-refractivity contribution in [3.05, 3.63) is 29.3 Å². The molecule has 1 atom stereocenters. The van der Waals surface area contributed by atoms with Crippen LogP contribution >= 0.6 is 0 Å². The SMILES string of the molecule is Cc1ccc(NC(=O)CN2CCC[C@H](C(N)=O)C2)cc1C. The van der Waals surface area contributed by atoms with Crippen LogP contribution in [0.2, 0.25) is 0 Å². The Labute approximate surface area is 125 Å². The van der Waals surface area contributed by atoms with E-state index in [2.05, 4.69) is 5.32 Å². The number of nitrogens with zero attached hydrogens (tertiary/aromatic N) is 1. The van der Waals surface area contributed by atoms with Crippen molar-refractivity contribution in [2.75, 3.05) is 25.0 Å². The lowest BCUT2D eigenvalue weighted by Crippen LogP contribution is -2.44. The largest absolute Gasteiger partial charge is 0.369 e. The number of carbonyl (C=O) groups excluding carboxylic acids is 2. The van der Waals surface area contributed by atoms with Crippen molar-refractivity contribution in [3.63, 3.8) is 0 Å². The van der Waals surface area contributed by atoms with Gasteiger partial charge < -0.3 is 11.1 Å². The minimum atomic E-state index is -0.269. The Hall–Kier alpha value is -1.88. The van der Waals surface area contributed by atoms with E-state index in [1.54, 1.807) is 0 Å². The molecule has 1 saturated heterocycles. The number of benzene rings is 1. The van der Waals surface area contributed by atoms with Gasteiger partial charge in [0.05, 0.1) is 12.5 Å². The van der Waals surface area contributed by atoms with Crippen LogP contribution in [-0.2, 0) is 9.59 Å². The highest BCUT2D eigenvalue weighted by molar-refractivity contribution is 5.92. The summed E-state index contributed by atoms with van der Waals surface area (Å²) in [5, 5.41) is 2.90. The monoisotopic (exact) mass is 289 g/mol. The molecule has 21 heavy (non-hydrogen) atoms. The number of likely N-dealkylation sites (tertiary alicyclic amines) is 1. The Morgan fingerprint density at radius 1 is 1.33 bits per heavy atom. The van der Waals surface area contributed by atoms with Crippen LogP contribution in [0.1, 0.15) is 24.0 Å². The third kappa shape index (κ3) is 4.29. The van der Waals surface area contributed by atoms with Crippen molar-refractivity contribution in [1.82, 2.24) is 4.90 Å². The summed E-state index contributed by atoms with van der Waals surface area (Å²) in [5.74, 6) is -0.453. The van der Waals surface area contributed by atoms with Crippen LogP contribution in [0.15, 0.2) is 18.2 Å². The maximum Gasteiger partial charge on any atom is 0.238 e. The van der Waals surface area contributed by atoms with Gasteiger partial charge in [-0.2, -0.15) is 0 Å². The minimum absolute atomic E-state index is 0.0524. The van der Waals surface area contributed by atoms with Gasteiger partial charge in [0.1, 0.15) is 0 Å². The summed E-state index contributed by atoms with van der Waals surface area (Å²) in [4.78, 5) is 25.3. The first kappa shape index (κ1) is 15.5. The molecule has 0 saturated carbocycles. The van der Waals surface area contributed by atoms with Gasteiger partial charge in [0.2, 0.25) is 11.8 Å². The molecule has 1 aromatic rings. The van der Waals surface area contributed by atoms with Crippen molar-refractivity contribution < 1.29 is 9.59 Å². The van der Waals surface area contributed by atoms with Crippen LogP contribution < -0.4 is 11.1 Å². The van der Waals surface area contributed by atoms with Crippen molar-refractivity contribution in [3.8, 4) is 0 Å². The van der Waals surface area contributed by atoms with E-state index < -0.39 is 0 Å². The first-order chi connectivity index (χ1) is 9.95. The molecule has 0 bridgehead atoms. The molecule has 1 fully saturated rings. The zero-order valence-electron chi connectivity index (χ0n) is 12.7. The molecule has 5 heteroatoms. The maximum atomic E-state index is 12.1. The molecule has 1 aliphatic heterocycles. The predicted octanol–water partition coefficient (Wildman–Crippen LogP) is 1.44. The third-order valence-corrected chi connectivity index (χ3v) is 4.07. The molecule has 1 aromatic carbocycles. The number of nitrogens with one attached hydrogen (secondary N) is 1. The number of hydrogen-bond acceptors (Lipinski definition) is 3. The number of carbonyl (C=O) groups is 2. The number of anilines is 1. The Bertz CT molecular complexity index is 542. The van der Waals surface area contributed by atoms with Crippen LogP contribution in [-0.4, -0.2) is 36.3 Å². The zero-order chi connectivity index (χ0) is 15.4. The van der Waals surface area contributed by atoms with Crippen LogP contribution in [0.5, 0.6) is 0 Å². The van der Waals surface area contributed by atoms with Gasteiger partial charge in [0.25, 0.3) is 0 Å². The first-order valence-corrected chi connectivity index (χ1v) is 7.34. The molecule has 0 aromatic heterocycles. The van der Waals surface area contributed by atoms with E-state index in [1.165, 1.54) is 5.56 Å². The lowest BCUT2D eigenvalue weighted by Gasteiger charge is -2.30. The fourth-order valence-corrected chi connectivity index (χ4v) is 2.65. The topological polar surface area (TPSA) is 75.4 Å². The molecule has 114 valence electrons. The number of piperidine rings is 1. The summed E-state index contributed by atoms with van der Waals surface area (Å²) in [6, 6.07) is 5.87. The molecule has 3 N–H and O–H groups in total. The van der Waals surface area contributed by atoms with E-state index in [0.717, 1.165) is 30.6 Å². The second-order valence-electron chi connectivity index (χ2n) is 5.82. The predicted molar refractivity (Wildman–Crippen MR) is 82.9 cm³/mol. The van der Waals surface area contributed by atoms with Crippen molar-refractivity contribution >= 4 is 17.5 Å². The number of hydrogen-bond donors (Lipinski definition) is 2. The fourth-order valence-electron chi connectivity index (χ4n) is 2.65.